The number of hydrogen-bond donors (Lipinski definition) is 0. The summed E-state index contributed by atoms with van der Waals surface area (Å²) in [7, 11) is 1.61. The first kappa shape index (κ1) is 18.3. The average molecular weight is 343 g/mol. The minimum Gasteiger partial charge on any atom is -0.378 e. The number of hydrogen-bond acceptors (Lipinski definition) is 4. The molecule has 1 amide bonds. The van der Waals surface area contributed by atoms with Gasteiger partial charge in [-0.05, 0) is 30.6 Å². The van der Waals surface area contributed by atoms with Crippen LogP contribution in [0.3, 0.4) is 0 Å². The van der Waals surface area contributed by atoms with E-state index in [0.29, 0.717) is 30.2 Å². The smallest absolute Gasteiger partial charge is 0.237 e. The summed E-state index contributed by atoms with van der Waals surface area (Å²) in [4.78, 5) is 14.0. The Labute approximate surface area is 143 Å². The Hall–Kier alpha value is -1.07. The van der Waals surface area contributed by atoms with E-state index in [1.165, 1.54) is 19.3 Å². The molecule has 6 heteroatoms. The van der Waals surface area contributed by atoms with Gasteiger partial charge in [-0.2, -0.15) is 0 Å². The zero-order chi connectivity index (χ0) is 16.9. The summed E-state index contributed by atoms with van der Waals surface area (Å²) in [5.74, 6) is 1.13. The maximum atomic E-state index is 12.2. The minimum atomic E-state index is -0.0558. The third kappa shape index (κ3) is 5.50. The van der Waals surface area contributed by atoms with E-state index in [4.69, 9.17) is 20.9 Å². The lowest BCUT2D eigenvalue weighted by atomic mass is 9.72. The topological polar surface area (TPSA) is 55.6 Å². The summed E-state index contributed by atoms with van der Waals surface area (Å²) in [5, 5.41) is 3.94. The summed E-state index contributed by atoms with van der Waals surface area (Å²) >= 11 is 5.78. The molecule has 1 saturated carbocycles. The van der Waals surface area contributed by atoms with Crippen LogP contribution >= 0.6 is 11.6 Å². The van der Waals surface area contributed by atoms with Gasteiger partial charge in [0.1, 0.15) is 11.6 Å². The van der Waals surface area contributed by atoms with Crippen LogP contribution in [0, 0.1) is 11.3 Å². The molecule has 1 aromatic rings. The molecule has 1 aromatic heterocycles. The van der Waals surface area contributed by atoms with Gasteiger partial charge in [-0.1, -0.05) is 25.4 Å². The summed E-state index contributed by atoms with van der Waals surface area (Å²) in [5.41, 5.74) is 1.09. The van der Waals surface area contributed by atoms with Crippen molar-refractivity contribution in [3.63, 3.8) is 0 Å². The van der Waals surface area contributed by atoms with Crippen molar-refractivity contribution in [3.05, 3.63) is 17.5 Å². The van der Waals surface area contributed by atoms with Crippen molar-refractivity contribution in [1.82, 2.24) is 10.1 Å². The first-order valence-corrected chi connectivity index (χ1v) is 8.74. The van der Waals surface area contributed by atoms with Gasteiger partial charge in [-0.15, -0.1) is 11.6 Å². The number of carbonyl (C=O) groups is 1. The molecule has 1 atom stereocenters. The first-order chi connectivity index (χ1) is 10.9. The highest BCUT2D eigenvalue weighted by Gasteiger charge is 2.30. The molecule has 5 nitrogen and oxygen atoms in total. The van der Waals surface area contributed by atoms with Crippen LogP contribution in [0.25, 0.3) is 0 Å². The van der Waals surface area contributed by atoms with Crippen LogP contribution in [0.1, 0.15) is 51.0 Å². The maximum Gasteiger partial charge on any atom is 0.237 e. The van der Waals surface area contributed by atoms with Crippen molar-refractivity contribution in [2.24, 2.45) is 11.3 Å². The standard InChI is InChI=1S/C17H27ClN2O3/c1-17(2)6-4-5-13(8-17)10-20(16(21)9-18)11-15-7-14(12-22-3)19-23-15/h7,13H,4-6,8-12H2,1-3H3. The number of carbonyl (C=O) groups excluding carboxylic acids is 1. The maximum absolute atomic E-state index is 12.2. The predicted octanol–water partition coefficient (Wildman–Crippen LogP) is 3.60. The van der Waals surface area contributed by atoms with Gasteiger partial charge in [-0.3, -0.25) is 4.79 Å². The molecule has 1 heterocycles. The molecule has 0 radical (unpaired) electrons. The Morgan fingerprint density at radius 3 is 3.00 bits per heavy atom. The lowest BCUT2D eigenvalue weighted by Gasteiger charge is -2.37. The third-order valence-electron chi connectivity index (χ3n) is 4.50. The van der Waals surface area contributed by atoms with E-state index < -0.39 is 0 Å². The SMILES string of the molecule is COCc1cc(CN(CC2CCCC(C)(C)C2)C(=O)CCl)on1. The molecule has 1 aliphatic rings. The first-order valence-electron chi connectivity index (χ1n) is 8.20. The fraction of sp³-hybridized carbons (Fsp3) is 0.765. The van der Waals surface area contributed by atoms with Gasteiger partial charge in [0.15, 0.2) is 5.76 Å². The normalized spacial score (nSPS) is 20.4. The van der Waals surface area contributed by atoms with E-state index in [1.807, 2.05) is 6.07 Å². The third-order valence-corrected chi connectivity index (χ3v) is 4.73. The van der Waals surface area contributed by atoms with Crippen molar-refractivity contribution in [1.29, 1.82) is 0 Å². The van der Waals surface area contributed by atoms with Crippen LogP contribution in [-0.4, -0.2) is 35.5 Å². The summed E-state index contributed by atoms with van der Waals surface area (Å²) < 4.78 is 10.3. The van der Waals surface area contributed by atoms with Gasteiger partial charge in [0.05, 0.1) is 13.2 Å². The van der Waals surface area contributed by atoms with Crippen molar-refractivity contribution in [2.45, 2.75) is 52.7 Å². The van der Waals surface area contributed by atoms with Gasteiger partial charge in [0, 0.05) is 19.7 Å². The van der Waals surface area contributed by atoms with Crippen molar-refractivity contribution in [2.75, 3.05) is 19.5 Å². The molecule has 0 bridgehead atoms. The zero-order valence-corrected chi connectivity index (χ0v) is 15.1. The van der Waals surface area contributed by atoms with Gasteiger partial charge in [-0.25, -0.2) is 0 Å². The van der Waals surface area contributed by atoms with Gasteiger partial charge >= 0.3 is 0 Å². The minimum absolute atomic E-state index is 0.00478. The van der Waals surface area contributed by atoms with E-state index in [9.17, 15) is 4.79 Å². The van der Waals surface area contributed by atoms with Crippen LogP contribution in [0.15, 0.2) is 10.6 Å². The highest BCUT2D eigenvalue weighted by Crippen LogP contribution is 2.38. The van der Waals surface area contributed by atoms with Crippen LogP contribution < -0.4 is 0 Å². The van der Waals surface area contributed by atoms with Crippen molar-refractivity contribution >= 4 is 17.5 Å². The molecule has 130 valence electrons. The number of methoxy groups -OCH3 is 1. The molecule has 1 aliphatic carbocycles. The number of rotatable bonds is 7. The van der Waals surface area contributed by atoms with E-state index in [1.54, 1.807) is 12.0 Å². The molecule has 0 saturated heterocycles. The van der Waals surface area contributed by atoms with Crippen molar-refractivity contribution < 1.29 is 14.1 Å². The van der Waals surface area contributed by atoms with Gasteiger partial charge < -0.3 is 14.2 Å². The van der Waals surface area contributed by atoms with E-state index in [-0.39, 0.29) is 11.8 Å². The monoisotopic (exact) mass is 342 g/mol. The lowest BCUT2D eigenvalue weighted by molar-refractivity contribution is -0.130. The molecule has 0 aromatic carbocycles. The second kappa shape index (κ2) is 8.15. The molecular weight excluding hydrogens is 316 g/mol. The van der Waals surface area contributed by atoms with E-state index in [2.05, 4.69) is 19.0 Å². The molecule has 0 aliphatic heterocycles. The molecule has 0 spiro atoms. The summed E-state index contributed by atoms with van der Waals surface area (Å²) in [6.07, 6.45) is 4.79. The van der Waals surface area contributed by atoms with Gasteiger partial charge in [0.2, 0.25) is 5.91 Å². The van der Waals surface area contributed by atoms with Crippen LogP contribution in [0.5, 0.6) is 0 Å². The van der Waals surface area contributed by atoms with Crippen LogP contribution in [0.4, 0.5) is 0 Å². The fourth-order valence-electron chi connectivity index (χ4n) is 3.50. The molecule has 1 fully saturated rings. The average Bonchev–Trinajstić information content (AvgIpc) is 2.92. The number of amides is 1. The number of halogens is 1. The Balaban J connectivity index is 2.00. The Kier molecular flexibility index (Phi) is 6.48. The van der Waals surface area contributed by atoms with E-state index >= 15 is 0 Å². The Morgan fingerprint density at radius 1 is 1.57 bits per heavy atom. The molecule has 0 N–H and O–H groups in total. The number of alkyl halides is 1. The van der Waals surface area contributed by atoms with Crippen molar-refractivity contribution in [3.8, 4) is 0 Å². The molecule has 1 unspecified atom stereocenters. The second-order valence-electron chi connectivity index (χ2n) is 7.25. The highest BCUT2D eigenvalue weighted by molar-refractivity contribution is 6.27. The second-order valence-corrected chi connectivity index (χ2v) is 7.52. The number of ether oxygens (including phenoxy) is 1. The zero-order valence-electron chi connectivity index (χ0n) is 14.3. The molecule has 23 heavy (non-hydrogen) atoms. The van der Waals surface area contributed by atoms with Crippen LogP contribution in [-0.2, 0) is 22.7 Å². The van der Waals surface area contributed by atoms with Crippen LogP contribution in [0.2, 0.25) is 0 Å². The fourth-order valence-corrected chi connectivity index (χ4v) is 3.66. The molecular formula is C17H27ClN2O3. The summed E-state index contributed by atoms with van der Waals surface area (Å²) in [6.45, 7) is 6.17. The summed E-state index contributed by atoms with van der Waals surface area (Å²) in [6, 6.07) is 1.84. The van der Waals surface area contributed by atoms with Gasteiger partial charge in [0.25, 0.3) is 0 Å². The quantitative estimate of drug-likeness (QED) is 0.710. The largest absolute Gasteiger partial charge is 0.378 e. The number of nitrogens with zero attached hydrogens (tertiary/aromatic N) is 2. The Bertz CT molecular complexity index is 516. The molecule has 2 rings (SSSR count). The Morgan fingerprint density at radius 2 is 2.35 bits per heavy atom. The highest BCUT2D eigenvalue weighted by atomic mass is 35.5. The lowest BCUT2D eigenvalue weighted by Crippen LogP contribution is -2.38. The predicted molar refractivity (Wildman–Crippen MR) is 89.1 cm³/mol. The number of aromatic nitrogens is 1. The van der Waals surface area contributed by atoms with E-state index in [0.717, 1.165) is 18.7 Å².